The Morgan fingerprint density at radius 2 is 1.77 bits per heavy atom. The molecule has 2 aliphatic heterocycles. The van der Waals surface area contributed by atoms with Crippen molar-refractivity contribution in [3.8, 4) is 5.75 Å². The standard InChI is InChI=1S/C24H31N3O4/c1-14-13-24(3,4)27(20-11-10-16(31-5)12-19(14)20)23(30)25-15(2)26-21(28)17-8-6-7-9-18(17)22(26)29/h10-13,15,17-18H,6-9H2,1-5H3,(H,25,30)/t15-,17-,18-/m0/s1. The predicted octanol–water partition coefficient (Wildman–Crippen LogP) is 3.93. The first-order valence-electron chi connectivity index (χ1n) is 11.0. The minimum Gasteiger partial charge on any atom is -0.497 e. The monoisotopic (exact) mass is 425 g/mol. The van der Waals surface area contributed by atoms with Crippen LogP contribution in [-0.2, 0) is 9.59 Å². The molecule has 4 rings (SSSR count). The third kappa shape index (κ3) is 3.50. The summed E-state index contributed by atoms with van der Waals surface area (Å²) in [6.45, 7) is 7.66. The van der Waals surface area contributed by atoms with E-state index in [0.29, 0.717) is 0 Å². The molecule has 3 atom stereocenters. The van der Waals surface area contributed by atoms with Gasteiger partial charge in [-0.25, -0.2) is 4.79 Å². The van der Waals surface area contributed by atoms with Gasteiger partial charge >= 0.3 is 6.03 Å². The first-order chi connectivity index (χ1) is 14.7. The van der Waals surface area contributed by atoms with Gasteiger partial charge in [0.05, 0.1) is 30.2 Å². The van der Waals surface area contributed by atoms with Crippen LogP contribution in [0, 0.1) is 11.8 Å². The second-order valence-corrected chi connectivity index (χ2v) is 9.37. The van der Waals surface area contributed by atoms with E-state index in [1.807, 2.05) is 45.0 Å². The molecule has 7 heteroatoms. The minimum absolute atomic E-state index is 0.152. The van der Waals surface area contributed by atoms with Crippen molar-refractivity contribution in [2.45, 2.75) is 65.1 Å². The number of allylic oxidation sites excluding steroid dienone is 1. The summed E-state index contributed by atoms with van der Waals surface area (Å²) in [5, 5.41) is 2.91. The van der Waals surface area contributed by atoms with Crippen LogP contribution in [0.1, 0.15) is 58.9 Å². The Morgan fingerprint density at radius 3 is 2.35 bits per heavy atom. The highest BCUT2D eigenvalue weighted by Gasteiger charge is 2.50. The molecule has 0 radical (unpaired) electrons. The van der Waals surface area contributed by atoms with Crippen molar-refractivity contribution < 1.29 is 19.1 Å². The van der Waals surface area contributed by atoms with Gasteiger partial charge in [0.15, 0.2) is 0 Å². The number of fused-ring (bicyclic) bond motifs is 2. The van der Waals surface area contributed by atoms with Gasteiger partial charge < -0.3 is 10.1 Å². The highest BCUT2D eigenvalue weighted by Crippen LogP contribution is 2.41. The Kier molecular flexibility index (Phi) is 5.31. The Hall–Kier alpha value is -2.83. The van der Waals surface area contributed by atoms with Gasteiger partial charge in [-0.1, -0.05) is 18.9 Å². The van der Waals surface area contributed by atoms with Gasteiger partial charge in [-0.2, -0.15) is 0 Å². The number of imide groups is 1. The Balaban J connectivity index is 1.59. The van der Waals surface area contributed by atoms with Crippen LogP contribution in [0.3, 0.4) is 0 Å². The summed E-state index contributed by atoms with van der Waals surface area (Å²) >= 11 is 0. The normalized spacial score (nSPS) is 25.5. The first-order valence-corrected chi connectivity index (χ1v) is 11.0. The molecule has 3 aliphatic rings. The van der Waals surface area contributed by atoms with Gasteiger partial charge in [-0.05, 0) is 64.3 Å². The highest BCUT2D eigenvalue weighted by atomic mass is 16.5. The van der Waals surface area contributed by atoms with Crippen LogP contribution in [0.2, 0.25) is 0 Å². The summed E-state index contributed by atoms with van der Waals surface area (Å²) in [4.78, 5) is 42.2. The van der Waals surface area contributed by atoms with Crippen molar-refractivity contribution in [1.29, 1.82) is 0 Å². The molecule has 31 heavy (non-hydrogen) atoms. The largest absolute Gasteiger partial charge is 0.497 e. The fourth-order valence-electron chi connectivity index (χ4n) is 5.38. The smallest absolute Gasteiger partial charge is 0.324 e. The summed E-state index contributed by atoms with van der Waals surface area (Å²) < 4.78 is 5.35. The molecule has 0 bridgehead atoms. The van der Waals surface area contributed by atoms with E-state index in [1.165, 1.54) is 4.90 Å². The number of urea groups is 1. The molecular weight excluding hydrogens is 394 g/mol. The summed E-state index contributed by atoms with van der Waals surface area (Å²) in [6.07, 6.45) is 4.79. The number of hydrogen-bond acceptors (Lipinski definition) is 4. The van der Waals surface area contributed by atoms with Crippen LogP contribution in [0.4, 0.5) is 10.5 Å². The number of amides is 4. The number of carbonyl (C=O) groups is 3. The summed E-state index contributed by atoms with van der Waals surface area (Å²) in [5.74, 6) is -0.0463. The van der Waals surface area contributed by atoms with Gasteiger partial charge in [0.1, 0.15) is 11.9 Å². The molecule has 1 aliphatic carbocycles. The van der Waals surface area contributed by atoms with E-state index in [9.17, 15) is 14.4 Å². The maximum Gasteiger partial charge on any atom is 0.324 e. The number of hydrogen-bond donors (Lipinski definition) is 1. The molecule has 0 unspecified atom stereocenters. The van der Waals surface area contributed by atoms with Crippen LogP contribution in [0.25, 0.3) is 5.57 Å². The van der Waals surface area contributed by atoms with Gasteiger partial charge in [0, 0.05) is 5.56 Å². The maximum absolute atomic E-state index is 13.4. The fraction of sp³-hybridized carbons (Fsp3) is 0.542. The molecule has 2 heterocycles. The van der Waals surface area contributed by atoms with Crippen LogP contribution in [0.5, 0.6) is 5.75 Å². The molecule has 2 fully saturated rings. The van der Waals surface area contributed by atoms with Crippen LogP contribution in [-0.4, -0.2) is 41.6 Å². The lowest BCUT2D eigenvalue weighted by molar-refractivity contribution is -0.142. The molecule has 1 aromatic carbocycles. The number of methoxy groups -OCH3 is 1. The summed E-state index contributed by atoms with van der Waals surface area (Å²) in [5.41, 5.74) is 2.16. The topological polar surface area (TPSA) is 79.0 Å². The van der Waals surface area contributed by atoms with E-state index in [-0.39, 0.29) is 29.7 Å². The molecule has 1 saturated carbocycles. The lowest BCUT2D eigenvalue weighted by atomic mass is 9.81. The lowest BCUT2D eigenvalue weighted by Crippen LogP contribution is -2.58. The molecule has 7 nitrogen and oxygen atoms in total. The zero-order chi connectivity index (χ0) is 22.5. The minimum atomic E-state index is -0.706. The van der Waals surface area contributed by atoms with Crippen LogP contribution >= 0.6 is 0 Å². The Labute approximate surface area is 183 Å². The molecule has 4 amide bonds. The SMILES string of the molecule is COc1ccc2c(c1)C(C)=CC(C)(C)N2C(=O)N[C@H](C)N1C(=O)[C@H]2CCCC[C@@H]2C1=O. The second-order valence-electron chi connectivity index (χ2n) is 9.37. The van der Waals surface area contributed by atoms with Crippen molar-refractivity contribution in [2.75, 3.05) is 12.0 Å². The predicted molar refractivity (Wildman–Crippen MR) is 118 cm³/mol. The zero-order valence-corrected chi connectivity index (χ0v) is 18.9. The highest BCUT2D eigenvalue weighted by molar-refractivity contribution is 6.06. The van der Waals surface area contributed by atoms with E-state index in [2.05, 4.69) is 5.32 Å². The fourth-order valence-corrected chi connectivity index (χ4v) is 5.38. The number of anilines is 1. The Morgan fingerprint density at radius 1 is 1.16 bits per heavy atom. The molecule has 166 valence electrons. The zero-order valence-electron chi connectivity index (χ0n) is 18.9. The van der Waals surface area contributed by atoms with Gasteiger partial charge in [-0.15, -0.1) is 0 Å². The average Bonchev–Trinajstić information content (AvgIpc) is 2.97. The summed E-state index contributed by atoms with van der Waals surface area (Å²) in [7, 11) is 1.61. The number of likely N-dealkylation sites (tertiary alicyclic amines) is 1. The van der Waals surface area contributed by atoms with Gasteiger partial charge in [0.25, 0.3) is 0 Å². The van der Waals surface area contributed by atoms with E-state index in [0.717, 1.165) is 48.3 Å². The van der Waals surface area contributed by atoms with Crippen molar-refractivity contribution >= 4 is 29.1 Å². The van der Waals surface area contributed by atoms with Crippen LogP contribution < -0.4 is 15.0 Å². The number of nitrogens with zero attached hydrogens (tertiary/aromatic N) is 2. The lowest BCUT2D eigenvalue weighted by Gasteiger charge is -2.42. The molecule has 1 N–H and O–H groups in total. The average molecular weight is 426 g/mol. The third-order valence-electron chi connectivity index (χ3n) is 6.81. The van der Waals surface area contributed by atoms with Gasteiger partial charge in [0.2, 0.25) is 11.8 Å². The quantitative estimate of drug-likeness (QED) is 0.745. The maximum atomic E-state index is 13.4. The summed E-state index contributed by atoms with van der Waals surface area (Å²) in [6, 6.07) is 5.27. The number of carbonyl (C=O) groups excluding carboxylic acids is 3. The molecule has 1 aromatic rings. The number of nitrogens with one attached hydrogen (secondary N) is 1. The van der Waals surface area contributed by atoms with Gasteiger partial charge in [-0.3, -0.25) is 19.4 Å². The van der Waals surface area contributed by atoms with Crippen molar-refractivity contribution in [3.63, 3.8) is 0 Å². The molecule has 0 aromatic heterocycles. The third-order valence-corrected chi connectivity index (χ3v) is 6.81. The molecule has 0 spiro atoms. The second kappa shape index (κ2) is 7.70. The van der Waals surface area contributed by atoms with E-state index in [1.54, 1.807) is 18.9 Å². The van der Waals surface area contributed by atoms with E-state index < -0.39 is 11.7 Å². The van der Waals surface area contributed by atoms with Crippen molar-refractivity contribution in [1.82, 2.24) is 10.2 Å². The molecule has 1 saturated heterocycles. The number of benzene rings is 1. The van der Waals surface area contributed by atoms with E-state index in [4.69, 9.17) is 4.74 Å². The number of ether oxygens (including phenoxy) is 1. The molecular formula is C24H31N3O4. The van der Waals surface area contributed by atoms with Crippen LogP contribution in [0.15, 0.2) is 24.3 Å². The first kappa shape index (κ1) is 21.4. The van der Waals surface area contributed by atoms with E-state index >= 15 is 0 Å². The Bertz CT molecular complexity index is 944. The number of rotatable bonds is 3. The van der Waals surface area contributed by atoms with Crippen molar-refractivity contribution in [3.05, 3.63) is 29.8 Å². The van der Waals surface area contributed by atoms with Crippen molar-refractivity contribution in [2.24, 2.45) is 11.8 Å².